The summed E-state index contributed by atoms with van der Waals surface area (Å²) in [5.74, 6) is -5.23. The molecule has 0 atom stereocenters. The lowest BCUT2D eigenvalue weighted by Gasteiger charge is -2.47. The van der Waals surface area contributed by atoms with E-state index in [9.17, 15) is 31.1 Å². The third-order valence-electron chi connectivity index (χ3n) is 5.88. The fourth-order valence-corrected chi connectivity index (χ4v) is 4.10. The number of nitrogens with zero attached hydrogens (tertiary/aromatic N) is 3. The second kappa shape index (κ2) is 14.5. The highest BCUT2D eigenvalue weighted by atomic mass is 35.5. The van der Waals surface area contributed by atoms with Crippen LogP contribution in [0.1, 0.15) is 31.2 Å². The van der Waals surface area contributed by atoms with Crippen molar-refractivity contribution in [1.29, 1.82) is 0 Å². The molecule has 1 spiro atoms. The van der Waals surface area contributed by atoms with E-state index in [1.165, 1.54) is 5.56 Å². The number of halogens is 7. The van der Waals surface area contributed by atoms with Crippen LogP contribution in [0, 0.1) is 5.41 Å². The van der Waals surface area contributed by atoms with E-state index in [1.807, 2.05) is 17.2 Å². The molecule has 0 aliphatic carbocycles. The van der Waals surface area contributed by atoms with Gasteiger partial charge in [-0.05, 0) is 49.4 Å². The lowest BCUT2D eigenvalue weighted by atomic mass is 9.72. The number of aromatic nitrogens is 1. The summed E-state index contributed by atoms with van der Waals surface area (Å²) in [7, 11) is 1.69. The molecule has 2 fully saturated rings. The maximum Gasteiger partial charge on any atom is 0.490 e. The number of rotatable bonds is 5. The van der Waals surface area contributed by atoms with Gasteiger partial charge in [0.1, 0.15) is 0 Å². The molecular weight excluding hydrogens is 552 g/mol. The van der Waals surface area contributed by atoms with E-state index in [0.717, 1.165) is 52.0 Å². The Hall–Kier alpha value is -2.65. The van der Waals surface area contributed by atoms with E-state index in [2.05, 4.69) is 9.88 Å². The summed E-state index contributed by atoms with van der Waals surface area (Å²) >= 11 is 6.02. The minimum absolute atomic E-state index is 0.283. The summed E-state index contributed by atoms with van der Waals surface area (Å²) in [6, 6.07) is 1.99. The van der Waals surface area contributed by atoms with Crippen molar-refractivity contribution >= 4 is 29.4 Å². The number of likely N-dealkylation sites (tertiary alicyclic amines) is 2. The van der Waals surface area contributed by atoms with Gasteiger partial charge in [0.2, 0.25) is 5.91 Å². The number of piperidine rings is 2. The van der Waals surface area contributed by atoms with Gasteiger partial charge in [0.25, 0.3) is 0 Å². The zero-order valence-corrected chi connectivity index (χ0v) is 21.1. The molecule has 2 aliphatic rings. The van der Waals surface area contributed by atoms with Crippen LogP contribution in [-0.4, -0.2) is 95.1 Å². The minimum Gasteiger partial charge on any atom is -0.475 e. The molecule has 3 heterocycles. The van der Waals surface area contributed by atoms with Crippen molar-refractivity contribution in [3.05, 3.63) is 29.0 Å². The number of carbonyl (C=O) groups is 3. The topological polar surface area (TPSA) is 120 Å². The summed E-state index contributed by atoms with van der Waals surface area (Å²) in [5, 5.41) is 14.9. The fourth-order valence-electron chi connectivity index (χ4n) is 3.90. The average molecular weight is 580 g/mol. The zero-order valence-electron chi connectivity index (χ0n) is 20.3. The van der Waals surface area contributed by atoms with E-state index in [4.69, 9.17) is 36.1 Å². The Labute approximate surface area is 219 Å². The van der Waals surface area contributed by atoms with Crippen LogP contribution in [0.2, 0.25) is 5.02 Å². The Kier molecular flexibility index (Phi) is 12.7. The first-order chi connectivity index (χ1) is 17.5. The molecular formula is C22H28ClF6N3O6. The summed E-state index contributed by atoms with van der Waals surface area (Å²) in [4.78, 5) is 38.5. The molecule has 2 aliphatic heterocycles. The van der Waals surface area contributed by atoms with E-state index in [0.29, 0.717) is 23.5 Å². The Morgan fingerprint density at radius 2 is 1.58 bits per heavy atom. The predicted molar refractivity (Wildman–Crippen MR) is 121 cm³/mol. The summed E-state index contributed by atoms with van der Waals surface area (Å²) in [5.41, 5.74) is 1.46. The average Bonchev–Trinajstić information content (AvgIpc) is 2.81. The Balaban J connectivity index is 0.000000426. The number of alkyl halides is 6. The van der Waals surface area contributed by atoms with Gasteiger partial charge in [-0.2, -0.15) is 26.3 Å². The zero-order chi connectivity index (χ0) is 29.1. The number of carboxylic acid groups (broad SMARTS) is 2. The number of amides is 1. The smallest absolute Gasteiger partial charge is 0.475 e. The van der Waals surface area contributed by atoms with Crippen LogP contribution in [-0.2, 0) is 25.7 Å². The maximum atomic E-state index is 12.1. The third-order valence-corrected chi connectivity index (χ3v) is 6.09. The van der Waals surface area contributed by atoms with Gasteiger partial charge in [-0.25, -0.2) is 9.59 Å². The number of methoxy groups -OCH3 is 1. The molecule has 216 valence electrons. The van der Waals surface area contributed by atoms with Crippen LogP contribution in [0.15, 0.2) is 18.5 Å². The van der Waals surface area contributed by atoms with Gasteiger partial charge in [-0.15, -0.1) is 0 Å². The van der Waals surface area contributed by atoms with Gasteiger partial charge in [-0.1, -0.05) is 11.6 Å². The molecule has 0 saturated carbocycles. The Morgan fingerprint density at radius 1 is 1.05 bits per heavy atom. The van der Waals surface area contributed by atoms with Crippen LogP contribution in [0.25, 0.3) is 0 Å². The van der Waals surface area contributed by atoms with Crippen molar-refractivity contribution in [3.63, 3.8) is 0 Å². The lowest BCUT2D eigenvalue weighted by molar-refractivity contribution is -0.193. The van der Waals surface area contributed by atoms with Crippen molar-refractivity contribution in [1.82, 2.24) is 14.8 Å². The first-order valence-electron chi connectivity index (χ1n) is 11.2. The highest BCUT2D eigenvalue weighted by Gasteiger charge is 2.41. The molecule has 3 rings (SSSR count). The third kappa shape index (κ3) is 11.8. The second-order valence-corrected chi connectivity index (χ2v) is 9.14. The molecule has 9 nitrogen and oxygen atoms in total. The molecule has 1 amide bonds. The fraction of sp³-hybridized carbons (Fsp3) is 0.636. The first-order valence-corrected chi connectivity index (χ1v) is 11.6. The van der Waals surface area contributed by atoms with E-state index < -0.39 is 24.3 Å². The van der Waals surface area contributed by atoms with Crippen LogP contribution in [0.4, 0.5) is 26.3 Å². The lowest BCUT2D eigenvalue weighted by Crippen LogP contribution is -2.52. The molecule has 2 saturated heterocycles. The summed E-state index contributed by atoms with van der Waals surface area (Å²) in [6.45, 7) is 5.26. The van der Waals surface area contributed by atoms with Gasteiger partial charge in [-0.3, -0.25) is 14.7 Å². The van der Waals surface area contributed by atoms with Gasteiger partial charge >= 0.3 is 24.3 Å². The van der Waals surface area contributed by atoms with Crippen molar-refractivity contribution in [2.24, 2.45) is 5.41 Å². The Morgan fingerprint density at radius 3 is 2.03 bits per heavy atom. The monoisotopic (exact) mass is 579 g/mol. The second-order valence-electron chi connectivity index (χ2n) is 8.70. The highest BCUT2D eigenvalue weighted by Crippen LogP contribution is 2.40. The standard InChI is InChI=1S/C18H26ClN3O2.2C2HF3O2/c1-24-9-8-22-14-18(3-2-17(22)23)4-6-21(7-5-18)13-15-10-16(19)12-20-11-15;2*3-2(4,5)1(6)7/h10-12H,2-9,13-14H2,1H3;2*(H,6,7). The van der Waals surface area contributed by atoms with Gasteiger partial charge in [0.05, 0.1) is 11.6 Å². The van der Waals surface area contributed by atoms with Gasteiger partial charge < -0.3 is 19.8 Å². The SMILES string of the molecule is COCCN1CC2(CCC1=O)CCN(Cc1cncc(Cl)c1)CC2.O=C(O)C(F)(F)F.O=C(O)C(F)(F)F. The van der Waals surface area contributed by atoms with Crippen LogP contribution >= 0.6 is 11.6 Å². The predicted octanol–water partition coefficient (Wildman–Crippen LogP) is 3.85. The first kappa shape index (κ1) is 33.4. The molecule has 38 heavy (non-hydrogen) atoms. The maximum absolute atomic E-state index is 12.1. The molecule has 0 aromatic carbocycles. The molecule has 0 radical (unpaired) electrons. The van der Waals surface area contributed by atoms with Crippen molar-refractivity contribution in [2.75, 3.05) is 39.9 Å². The molecule has 0 unspecified atom stereocenters. The molecule has 0 bridgehead atoms. The number of pyridine rings is 1. The van der Waals surface area contributed by atoms with E-state index in [-0.39, 0.29) is 5.91 Å². The molecule has 16 heteroatoms. The highest BCUT2D eigenvalue weighted by molar-refractivity contribution is 6.30. The molecule has 1 aromatic heterocycles. The number of aliphatic carboxylic acids is 2. The number of hydrogen-bond acceptors (Lipinski definition) is 6. The Bertz CT molecular complexity index is 915. The number of carbonyl (C=O) groups excluding carboxylic acids is 1. The van der Waals surface area contributed by atoms with Crippen molar-refractivity contribution < 1.29 is 55.7 Å². The summed E-state index contributed by atoms with van der Waals surface area (Å²) in [6.07, 6.45) is -2.59. The number of hydrogen-bond donors (Lipinski definition) is 2. The molecule has 2 N–H and O–H groups in total. The van der Waals surface area contributed by atoms with Crippen molar-refractivity contribution in [2.45, 2.75) is 44.6 Å². The minimum atomic E-state index is -5.08. The van der Waals surface area contributed by atoms with Crippen LogP contribution < -0.4 is 0 Å². The van der Waals surface area contributed by atoms with E-state index in [1.54, 1.807) is 13.3 Å². The number of ether oxygens (including phenoxy) is 1. The molecule has 1 aromatic rings. The van der Waals surface area contributed by atoms with Crippen LogP contribution in [0.3, 0.4) is 0 Å². The van der Waals surface area contributed by atoms with E-state index >= 15 is 0 Å². The quantitative estimate of drug-likeness (QED) is 0.505. The van der Waals surface area contributed by atoms with Crippen LogP contribution in [0.5, 0.6) is 0 Å². The number of carboxylic acids is 2. The van der Waals surface area contributed by atoms with Crippen molar-refractivity contribution in [3.8, 4) is 0 Å². The summed E-state index contributed by atoms with van der Waals surface area (Å²) < 4.78 is 68.6. The normalized spacial score (nSPS) is 17.7. The largest absolute Gasteiger partial charge is 0.490 e. The van der Waals surface area contributed by atoms with Gasteiger partial charge in [0, 0.05) is 45.6 Å². The van der Waals surface area contributed by atoms with Gasteiger partial charge in [0.15, 0.2) is 0 Å².